The average molecular weight is 273 g/mol. The molecule has 1 rings (SSSR count). The zero-order valence-corrected chi connectivity index (χ0v) is 13.2. The number of carbonyl (C=O) groups is 1. The molecule has 2 heteroatoms. The molecule has 0 radical (unpaired) electrons. The van der Waals surface area contributed by atoms with Crippen LogP contribution in [0.4, 0.5) is 0 Å². The van der Waals surface area contributed by atoms with Crippen LogP contribution in [-0.2, 0) is 4.79 Å². The average Bonchev–Trinajstić information content (AvgIpc) is 2.43. The van der Waals surface area contributed by atoms with Crippen LogP contribution in [0.15, 0.2) is 36.4 Å². The molecule has 0 unspecified atom stereocenters. The van der Waals surface area contributed by atoms with Crippen molar-refractivity contribution in [3.63, 3.8) is 0 Å². The Morgan fingerprint density at radius 1 is 1.25 bits per heavy atom. The van der Waals surface area contributed by atoms with Gasteiger partial charge in [0.1, 0.15) is 0 Å². The highest BCUT2D eigenvalue weighted by molar-refractivity contribution is 5.98. The maximum Gasteiger partial charge on any atom is 0.162 e. The molecule has 2 nitrogen and oxygen atoms in total. The minimum Gasteiger partial charge on any atom is -0.308 e. The second-order valence-corrected chi connectivity index (χ2v) is 6.01. The van der Waals surface area contributed by atoms with Gasteiger partial charge in [-0.15, -0.1) is 0 Å². The fourth-order valence-electron chi connectivity index (χ4n) is 2.48. The fourth-order valence-corrected chi connectivity index (χ4v) is 2.48. The van der Waals surface area contributed by atoms with E-state index in [2.05, 4.69) is 18.7 Å². The van der Waals surface area contributed by atoms with Crippen LogP contribution in [0, 0.1) is 5.41 Å². The summed E-state index contributed by atoms with van der Waals surface area (Å²) in [5.41, 5.74) is 0.786. The van der Waals surface area contributed by atoms with Crippen LogP contribution in [0.2, 0.25) is 0 Å². The SMILES string of the molecule is CCCC[C@@](C)(CN(C)C)C(=O)/C=C\c1ccccc1. The number of nitrogens with zero attached hydrogens (tertiary/aromatic N) is 1. The predicted octanol–water partition coefficient (Wildman–Crippen LogP) is 4.03. The number of rotatable bonds is 8. The van der Waals surface area contributed by atoms with Crippen LogP contribution >= 0.6 is 0 Å². The van der Waals surface area contributed by atoms with Gasteiger partial charge in [-0.25, -0.2) is 0 Å². The van der Waals surface area contributed by atoms with Crippen molar-refractivity contribution < 1.29 is 4.79 Å². The molecule has 0 saturated heterocycles. The van der Waals surface area contributed by atoms with Crippen molar-refractivity contribution in [2.45, 2.75) is 33.1 Å². The highest BCUT2D eigenvalue weighted by Gasteiger charge is 2.31. The molecule has 0 spiro atoms. The van der Waals surface area contributed by atoms with E-state index in [4.69, 9.17) is 0 Å². The van der Waals surface area contributed by atoms with E-state index >= 15 is 0 Å². The van der Waals surface area contributed by atoms with Gasteiger partial charge in [0.2, 0.25) is 0 Å². The molecule has 0 bridgehead atoms. The molecule has 1 aromatic carbocycles. The van der Waals surface area contributed by atoms with Gasteiger partial charge >= 0.3 is 0 Å². The Morgan fingerprint density at radius 2 is 1.90 bits per heavy atom. The fraction of sp³-hybridized carbons (Fsp3) is 0.500. The molecule has 0 saturated carbocycles. The van der Waals surface area contributed by atoms with E-state index in [1.165, 1.54) is 0 Å². The summed E-state index contributed by atoms with van der Waals surface area (Å²) in [7, 11) is 4.05. The maximum absolute atomic E-state index is 12.6. The van der Waals surface area contributed by atoms with Gasteiger partial charge in [0, 0.05) is 12.0 Å². The summed E-state index contributed by atoms with van der Waals surface area (Å²) >= 11 is 0. The molecule has 1 atom stereocenters. The minimum absolute atomic E-state index is 0.225. The molecule has 0 heterocycles. The molecule has 0 fully saturated rings. The smallest absolute Gasteiger partial charge is 0.162 e. The largest absolute Gasteiger partial charge is 0.308 e. The van der Waals surface area contributed by atoms with Crippen molar-refractivity contribution >= 4 is 11.9 Å². The third-order valence-electron chi connectivity index (χ3n) is 3.57. The van der Waals surface area contributed by atoms with Crippen molar-refractivity contribution in [2.24, 2.45) is 5.41 Å². The second-order valence-electron chi connectivity index (χ2n) is 6.01. The van der Waals surface area contributed by atoms with Crippen LogP contribution in [-0.4, -0.2) is 31.3 Å². The zero-order valence-electron chi connectivity index (χ0n) is 13.2. The minimum atomic E-state index is -0.287. The summed E-state index contributed by atoms with van der Waals surface area (Å²) in [5, 5.41) is 0. The molecular weight excluding hydrogens is 246 g/mol. The Hall–Kier alpha value is -1.41. The zero-order chi connectivity index (χ0) is 15.0. The standard InChI is InChI=1S/C18H27NO/c1-5-6-14-18(2,15-19(3)4)17(20)13-12-16-10-8-7-9-11-16/h7-13H,5-6,14-15H2,1-4H3/b13-12-/t18-/m0/s1. The lowest BCUT2D eigenvalue weighted by Gasteiger charge is -2.30. The molecule has 20 heavy (non-hydrogen) atoms. The van der Waals surface area contributed by atoms with Gasteiger partial charge in [0.25, 0.3) is 0 Å². The van der Waals surface area contributed by atoms with Crippen molar-refractivity contribution in [1.29, 1.82) is 0 Å². The summed E-state index contributed by atoms with van der Waals surface area (Å²) in [4.78, 5) is 14.7. The Morgan fingerprint density at radius 3 is 2.45 bits per heavy atom. The first-order valence-electron chi connectivity index (χ1n) is 7.40. The summed E-state index contributed by atoms with van der Waals surface area (Å²) in [6, 6.07) is 9.98. The molecule has 0 aliphatic heterocycles. The van der Waals surface area contributed by atoms with Crippen molar-refractivity contribution in [3.8, 4) is 0 Å². The molecular formula is C18H27NO. The molecule has 0 aliphatic rings. The quantitative estimate of drug-likeness (QED) is 0.667. The Bertz CT molecular complexity index is 436. The second kappa shape index (κ2) is 8.01. The number of unbranched alkanes of at least 4 members (excludes halogenated alkanes) is 1. The van der Waals surface area contributed by atoms with Gasteiger partial charge in [-0.1, -0.05) is 63.1 Å². The lowest BCUT2D eigenvalue weighted by molar-refractivity contribution is -0.124. The Kier molecular flexibility index (Phi) is 6.66. The van der Waals surface area contributed by atoms with Crippen LogP contribution in [0.25, 0.3) is 6.08 Å². The van der Waals surface area contributed by atoms with Gasteiger partial charge in [-0.05, 0) is 32.2 Å². The van der Waals surface area contributed by atoms with E-state index in [1.807, 2.05) is 50.5 Å². The number of hydrogen-bond acceptors (Lipinski definition) is 2. The predicted molar refractivity (Wildman–Crippen MR) is 86.7 cm³/mol. The first-order valence-corrected chi connectivity index (χ1v) is 7.40. The molecule has 0 N–H and O–H groups in total. The molecule has 110 valence electrons. The van der Waals surface area contributed by atoms with Gasteiger partial charge in [-0.3, -0.25) is 4.79 Å². The highest BCUT2D eigenvalue weighted by Crippen LogP contribution is 2.27. The van der Waals surface area contributed by atoms with E-state index in [9.17, 15) is 4.79 Å². The van der Waals surface area contributed by atoms with E-state index in [1.54, 1.807) is 6.08 Å². The number of allylic oxidation sites excluding steroid dienone is 1. The first-order chi connectivity index (χ1) is 9.48. The molecule has 0 aromatic heterocycles. The summed E-state index contributed by atoms with van der Waals surface area (Å²) < 4.78 is 0. The lowest BCUT2D eigenvalue weighted by Crippen LogP contribution is -2.37. The summed E-state index contributed by atoms with van der Waals surface area (Å²) in [6.07, 6.45) is 6.82. The topological polar surface area (TPSA) is 20.3 Å². The van der Waals surface area contributed by atoms with Crippen molar-refractivity contribution in [3.05, 3.63) is 42.0 Å². The van der Waals surface area contributed by atoms with Gasteiger partial charge in [0.15, 0.2) is 5.78 Å². The van der Waals surface area contributed by atoms with E-state index < -0.39 is 0 Å². The normalized spacial score (nSPS) is 14.7. The number of benzene rings is 1. The number of carbonyl (C=O) groups excluding carboxylic acids is 1. The van der Waals surface area contributed by atoms with Crippen molar-refractivity contribution in [1.82, 2.24) is 4.90 Å². The van der Waals surface area contributed by atoms with Crippen molar-refractivity contribution in [2.75, 3.05) is 20.6 Å². The third kappa shape index (κ3) is 5.30. The third-order valence-corrected chi connectivity index (χ3v) is 3.57. The number of ketones is 1. The summed E-state index contributed by atoms with van der Waals surface area (Å²) in [6.45, 7) is 5.05. The van der Waals surface area contributed by atoms with Gasteiger partial charge in [-0.2, -0.15) is 0 Å². The van der Waals surface area contributed by atoms with E-state index in [-0.39, 0.29) is 11.2 Å². The molecule has 0 amide bonds. The van der Waals surface area contributed by atoms with Gasteiger partial charge < -0.3 is 4.90 Å². The van der Waals surface area contributed by atoms with Crippen LogP contribution in [0.1, 0.15) is 38.7 Å². The first kappa shape index (κ1) is 16.6. The summed E-state index contributed by atoms with van der Waals surface area (Å²) in [5.74, 6) is 0.225. The Balaban J connectivity index is 2.79. The molecule has 0 aliphatic carbocycles. The molecule has 1 aromatic rings. The van der Waals surface area contributed by atoms with Crippen LogP contribution in [0.5, 0.6) is 0 Å². The van der Waals surface area contributed by atoms with Crippen LogP contribution in [0.3, 0.4) is 0 Å². The van der Waals surface area contributed by atoms with E-state index in [0.29, 0.717) is 0 Å². The van der Waals surface area contributed by atoms with E-state index in [0.717, 1.165) is 31.4 Å². The number of hydrogen-bond donors (Lipinski definition) is 0. The Labute approximate surface area is 123 Å². The van der Waals surface area contributed by atoms with Gasteiger partial charge in [0.05, 0.1) is 0 Å². The van der Waals surface area contributed by atoms with Crippen LogP contribution < -0.4 is 0 Å². The lowest BCUT2D eigenvalue weighted by atomic mass is 9.80. The highest BCUT2D eigenvalue weighted by atomic mass is 16.1. The maximum atomic E-state index is 12.6. The monoisotopic (exact) mass is 273 g/mol.